The molecule has 0 saturated heterocycles. The van der Waals surface area contributed by atoms with Crippen molar-refractivity contribution in [3.05, 3.63) is 17.7 Å². The second-order valence-electron chi connectivity index (χ2n) is 3.70. The van der Waals surface area contributed by atoms with Crippen molar-refractivity contribution in [1.29, 1.82) is 0 Å². The highest BCUT2D eigenvalue weighted by molar-refractivity contribution is 5.85. The maximum atomic E-state index is 9.86. The number of aromatic hydroxyl groups is 1. The number of ether oxygens (including phenoxy) is 2. The summed E-state index contributed by atoms with van der Waals surface area (Å²) in [6, 6.07) is 3.34. The van der Waals surface area contributed by atoms with Gasteiger partial charge >= 0.3 is 0 Å². The third-order valence-electron chi connectivity index (χ3n) is 2.61. The monoisotopic (exact) mass is 261 g/mol. The number of phenolic OH excluding ortho intramolecular Hbond substituents is 1. The van der Waals surface area contributed by atoms with Gasteiger partial charge in [0.2, 0.25) is 0 Å². The summed E-state index contributed by atoms with van der Waals surface area (Å²) in [5, 5.41) is 9.86. The first-order chi connectivity index (χ1) is 7.62. The van der Waals surface area contributed by atoms with Gasteiger partial charge < -0.3 is 20.3 Å². The van der Waals surface area contributed by atoms with Crippen LogP contribution in [0.25, 0.3) is 0 Å². The van der Waals surface area contributed by atoms with E-state index in [-0.39, 0.29) is 24.2 Å². The van der Waals surface area contributed by atoms with Gasteiger partial charge in [0.05, 0.1) is 14.2 Å². The van der Waals surface area contributed by atoms with E-state index in [9.17, 15) is 5.11 Å². The van der Waals surface area contributed by atoms with Crippen molar-refractivity contribution in [2.24, 2.45) is 5.73 Å². The Morgan fingerprint density at radius 3 is 2.41 bits per heavy atom. The maximum absolute atomic E-state index is 9.86. The first-order valence-corrected chi connectivity index (χ1v) is 5.31. The van der Waals surface area contributed by atoms with Crippen LogP contribution in [0.15, 0.2) is 12.1 Å². The molecule has 0 radical (unpaired) electrons. The molecule has 0 fully saturated rings. The molecule has 0 heterocycles. The van der Waals surface area contributed by atoms with Gasteiger partial charge in [-0.05, 0) is 12.8 Å². The molecule has 0 bridgehead atoms. The summed E-state index contributed by atoms with van der Waals surface area (Å²) in [7, 11) is 3.11. The maximum Gasteiger partial charge on any atom is 0.129 e. The molecule has 1 unspecified atom stereocenters. The Bertz CT molecular complexity index is 358. The third-order valence-corrected chi connectivity index (χ3v) is 2.61. The quantitative estimate of drug-likeness (QED) is 0.852. The number of hydrogen-bond acceptors (Lipinski definition) is 4. The first-order valence-electron chi connectivity index (χ1n) is 5.31. The van der Waals surface area contributed by atoms with E-state index in [2.05, 4.69) is 0 Å². The zero-order valence-corrected chi connectivity index (χ0v) is 11.2. The van der Waals surface area contributed by atoms with Crippen molar-refractivity contribution in [3.8, 4) is 17.2 Å². The van der Waals surface area contributed by atoms with Crippen LogP contribution in [0, 0.1) is 0 Å². The molecule has 0 amide bonds. The van der Waals surface area contributed by atoms with E-state index < -0.39 is 0 Å². The largest absolute Gasteiger partial charge is 0.507 e. The van der Waals surface area contributed by atoms with E-state index in [0.29, 0.717) is 17.9 Å². The zero-order chi connectivity index (χ0) is 12.1. The number of benzene rings is 1. The van der Waals surface area contributed by atoms with E-state index in [4.69, 9.17) is 15.2 Å². The summed E-state index contributed by atoms with van der Waals surface area (Å²) in [6.45, 7) is 2.01. The van der Waals surface area contributed by atoms with Crippen LogP contribution in [-0.2, 0) is 6.42 Å². The van der Waals surface area contributed by atoms with Gasteiger partial charge in [0, 0.05) is 23.7 Å². The van der Waals surface area contributed by atoms with E-state index in [1.54, 1.807) is 26.4 Å². The molecule has 1 rings (SSSR count). The van der Waals surface area contributed by atoms with Crippen molar-refractivity contribution in [2.75, 3.05) is 14.2 Å². The Hall–Kier alpha value is -1.13. The fourth-order valence-electron chi connectivity index (χ4n) is 1.52. The summed E-state index contributed by atoms with van der Waals surface area (Å²) in [4.78, 5) is 0. The standard InChI is InChI=1S/C12H19NO3.ClH/c1-4-8(13)5-10-11(14)6-9(15-2)7-12(10)16-3;/h6-8,14H,4-5,13H2,1-3H3;1H. The van der Waals surface area contributed by atoms with Crippen molar-refractivity contribution in [1.82, 2.24) is 0 Å². The van der Waals surface area contributed by atoms with Gasteiger partial charge in [-0.25, -0.2) is 0 Å². The van der Waals surface area contributed by atoms with Gasteiger partial charge in [-0.3, -0.25) is 0 Å². The van der Waals surface area contributed by atoms with E-state index in [1.165, 1.54) is 0 Å². The van der Waals surface area contributed by atoms with Gasteiger partial charge in [0.1, 0.15) is 17.2 Å². The molecular formula is C12H20ClNO3. The number of halogens is 1. The summed E-state index contributed by atoms with van der Waals surface area (Å²) < 4.78 is 10.3. The summed E-state index contributed by atoms with van der Waals surface area (Å²) >= 11 is 0. The second kappa shape index (κ2) is 7.25. The second-order valence-corrected chi connectivity index (χ2v) is 3.70. The minimum absolute atomic E-state index is 0. The van der Waals surface area contributed by atoms with Crippen molar-refractivity contribution in [2.45, 2.75) is 25.8 Å². The predicted molar refractivity (Wildman–Crippen MR) is 70.4 cm³/mol. The summed E-state index contributed by atoms with van der Waals surface area (Å²) in [5.74, 6) is 1.35. The number of methoxy groups -OCH3 is 2. The molecule has 0 aromatic heterocycles. The van der Waals surface area contributed by atoms with Crippen LogP contribution in [0.5, 0.6) is 17.2 Å². The lowest BCUT2D eigenvalue weighted by Gasteiger charge is -2.15. The Labute approximate surface area is 108 Å². The minimum Gasteiger partial charge on any atom is -0.507 e. The van der Waals surface area contributed by atoms with E-state index in [1.807, 2.05) is 6.92 Å². The van der Waals surface area contributed by atoms with Crippen LogP contribution in [0.2, 0.25) is 0 Å². The average molecular weight is 262 g/mol. The molecule has 0 aliphatic rings. The van der Waals surface area contributed by atoms with Crippen LogP contribution in [0.4, 0.5) is 0 Å². The molecular weight excluding hydrogens is 242 g/mol. The Balaban J connectivity index is 0.00000256. The predicted octanol–water partition coefficient (Wildman–Crippen LogP) is 2.11. The first kappa shape index (κ1) is 15.9. The highest BCUT2D eigenvalue weighted by Gasteiger charge is 2.14. The van der Waals surface area contributed by atoms with Crippen molar-refractivity contribution < 1.29 is 14.6 Å². The molecule has 4 nitrogen and oxygen atoms in total. The average Bonchev–Trinajstić information content (AvgIpc) is 2.30. The van der Waals surface area contributed by atoms with Crippen LogP contribution in [0.1, 0.15) is 18.9 Å². The molecule has 0 saturated carbocycles. The van der Waals surface area contributed by atoms with Crippen molar-refractivity contribution >= 4 is 12.4 Å². The molecule has 98 valence electrons. The van der Waals surface area contributed by atoms with Gasteiger partial charge in [-0.1, -0.05) is 6.92 Å². The number of hydrogen-bond donors (Lipinski definition) is 2. The smallest absolute Gasteiger partial charge is 0.129 e. The highest BCUT2D eigenvalue weighted by Crippen LogP contribution is 2.34. The number of rotatable bonds is 5. The molecule has 0 aliphatic heterocycles. The summed E-state index contributed by atoms with van der Waals surface area (Å²) in [5.41, 5.74) is 6.60. The fourth-order valence-corrected chi connectivity index (χ4v) is 1.52. The Morgan fingerprint density at radius 1 is 1.29 bits per heavy atom. The molecule has 17 heavy (non-hydrogen) atoms. The lowest BCUT2D eigenvalue weighted by Crippen LogP contribution is -2.21. The molecule has 1 aromatic rings. The topological polar surface area (TPSA) is 64.7 Å². The van der Waals surface area contributed by atoms with Crippen LogP contribution in [0.3, 0.4) is 0 Å². The molecule has 1 aromatic carbocycles. The van der Waals surface area contributed by atoms with E-state index in [0.717, 1.165) is 12.0 Å². The Kier molecular flexibility index (Phi) is 6.76. The normalized spacial score (nSPS) is 11.5. The van der Waals surface area contributed by atoms with Crippen molar-refractivity contribution in [3.63, 3.8) is 0 Å². The van der Waals surface area contributed by atoms with Crippen LogP contribution >= 0.6 is 12.4 Å². The van der Waals surface area contributed by atoms with Crippen LogP contribution in [-0.4, -0.2) is 25.4 Å². The Morgan fingerprint density at radius 2 is 1.94 bits per heavy atom. The summed E-state index contributed by atoms with van der Waals surface area (Å²) in [6.07, 6.45) is 1.45. The number of nitrogens with two attached hydrogens (primary N) is 1. The molecule has 5 heteroatoms. The van der Waals surface area contributed by atoms with Crippen LogP contribution < -0.4 is 15.2 Å². The number of phenols is 1. The zero-order valence-electron chi connectivity index (χ0n) is 10.4. The molecule has 0 aliphatic carbocycles. The SMILES string of the molecule is CCC(N)Cc1c(O)cc(OC)cc1OC.Cl. The molecule has 3 N–H and O–H groups in total. The minimum atomic E-state index is 0. The van der Waals surface area contributed by atoms with Gasteiger partial charge in [-0.2, -0.15) is 0 Å². The fraction of sp³-hybridized carbons (Fsp3) is 0.500. The lowest BCUT2D eigenvalue weighted by atomic mass is 10.0. The third kappa shape index (κ3) is 3.98. The van der Waals surface area contributed by atoms with E-state index >= 15 is 0 Å². The highest BCUT2D eigenvalue weighted by atomic mass is 35.5. The van der Waals surface area contributed by atoms with Gasteiger partial charge in [0.15, 0.2) is 0 Å². The van der Waals surface area contributed by atoms with Gasteiger partial charge in [0.25, 0.3) is 0 Å². The molecule has 0 spiro atoms. The molecule has 1 atom stereocenters. The van der Waals surface area contributed by atoms with Gasteiger partial charge in [-0.15, -0.1) is 12.4 Å². The lowest BCUT2D eigenvalue weighted by molar-refractivity contribution is 0.377.